The first kappa shape index (κ1) is 16.8. The summed E-state index contributed by atoms with van der Waals surface area (Å²) >= 11 is 0. The van der Waals surface area contributed by atoms with E-state index >= 15 is 0 Å². The molecule has 1 aliphatic heterocycles. The van der Waals surface area contributed by atoms with Gasteiger partial charge in [0.1, 0.15) is 5.75 Å². The van der Waals surface area contributed by atoms with Gasteiger partial charge in [0.05, 0.1) is 12.5 Å². The molecule has 1 aromatic carbocycles. The number of aliphatic carboxylic acids is 1. The van der Waals surface area contributed by atoms with Gasteiger partial charge < -0.3 is 14.7 Å². The number of rotatable bonds is 6. The predicted molar refractivity (Wildman–Crippen MR) is 89.7 cm³/mol. The summed E-state index contributed by atoms with van der Waals surface area (Å²) in [4.78, 5) is 25.5. The monoisotopic (exact) mass is 331 g/mol. The molecule has 5 heteroatoms. The molecule has 3 rings (SSSR count). The van der Waals surface area contributed by atoms with Gasteiger partial charge in [0.25, 0.3) is 0 Å². The molecular formula is C19H25NO4. The summed E-state index contributed by atoms with van der Waals surface area (Å²) in [5.41, 5.74) is -0.0255. The SMILES string of the molecule is CC(CCOc1ccccc1)C(=O)N1CCC2(CC1)CC2C(=O)O. The smallest absolute Gasteiger partial charge is 0.307 e. The van der Waals surface area contributed by atoms with Gasteiger partial charge in [0, 0.05) is 19.0 Å². The van der Waals surface area contributed by atoms with Crippen molar-refractivity contribution < 1.29 is 19.4 Å². The van der Waals surface area contributed by atoms with E-state index in [9.17, 15) is 9.59 Å². The van der Waals surface area contributed by atoms with Crippen LogP contribution in [0, 0.1) is 17.3 Å². The Hall–Kier alpha value is -2.04. The fraction of sp³-hybridized carbons (Fsp3) is 0.579. The fourth-order valence-electron chi connectivity index (χ4n) is 3.73. The Labute approximate surface area is 142 Å². The lowest BCUT2D eigenvalue weighted by Gasteiger charge is -2.34. The van der Waals surface area contributed by atoms with Crippen LogP contribution >= 0.6 is 0 Å². The van der Waals surface area contributed by atoms with Gasteiger partial charge in [-0.25, -0.2) is 0 Å². The second-order valence-electron chi connectivity index (χ2n) is 7.13. The maximum atomic E-state index is 12.5. The molecule has 2 unspecified atom stereocenters. The number of nitrogens with zero attached hydrogens (tertiary/aromatic N) is 1. The van der Waals surface area contributed by atoms with Crippen molar-refractivity contribution in [2.24, 2.45) is 17.3 Å². The summed E-state index contributed by atoms with van der Waals surface area (Å²) in [6.07, 6.45) is 3.11. The molecule has 1 N–H and O–H groups in total. The third-order valence-electron chi connectivity index (χ3n) is 5.54. The normalized spacial score (nSPS) is 22.9. The van der Waals surface area contributed by atoms with Crippen molar-refractivity contribution in [2.75, 3.05) is 19.7 Å². The summed E-state index contributed by atoms with van der Waals surface area (Å²) in [7, 11) is 0. The lowest BCUT2D eigenvalue weighted by Crippen LogP contribution is -2.42. The van der Waals surface area contributed by atoms with Crippen LogP contribution in [0.3, 0.4) is 0 Å². The average molecular weight is 331 g/mol. The number of piperidine rings is 1. The predicted octanol–water partition coefficient (Wildman–Crippen LogP) is 2.80. The lowest BCUT2D eigenvalue weighted by atomic mass is 9.90. The second kappa shape index (κ2) is 6.83. The molecule has 5 nitrogen and oxygen atoms in total. The molecule has 130 valence electrons. The van der Waals surface area contributed by atoms with Gasteiger partial charge >= 0.3 is 5.97 Å². The minimum Gasteiger partial charge on any atom is -0.494 e. The fourth-order valence-corrected chi connectivity index (χ4v) is 3.73. The van der Waals surface area contributed by atoms with E-state index in [0.29, 0.717) is 26.1 Å². The number of carboxylic acids is 1. The van der Waals surface area contributed by atoms with Gasteiger partial charge in [-0.1, -0.05) is 25.1 Å². The maximum Gasteiger partial charge on any atom is 0.307 e. The molecule has 1 spiro atoms. The lowest BCUT2D eigenvalue weighted by molar-refractivity contribution is -0.140. The number of hydrogen-bond acceptors (Lipinski definition) is 3. The largest absolute Gasteiger partial charge is 0.494 e. The van der Waals surface area contributed by atoms with Crippen molar-refractivity contribution in [2.45, 2.75) is 32.6 Å². The number of amides is 1. The van der Waals surface area contributed by atoms with Crippen molar-refractivity contribution in [3.63, 3.8) is 0 Å². The molecule has 24 heavy (non-hydrogen) atoms. The molecule has 1 saturated heterocycles. The van der Waals surface area contributed by atoms with E-state index < -0.39 is 5.97 Å². The zero-order valence-electron chi connectivity index (χ0n) is 14.1. The van der Waals surface area contributed by atoms with Crippen molar-refractivity contribution in [1.29, 1.82) is 0 Å². The molecule has 1 saturated carbocycles. The summed E-state index contributed by atoms with van der Waals surface area (Å²) < 4.78 is 5.66. The number of hydrogen-bond donors (Lipinski definition) is 1. The summed E-state index contributed by atoms with van der Waals surface area (Å²) in [6.45, 7) is 3.84. The highest BCUT2D eigenvalue weighted by atomic mass is 16.5. The first-order chi connectivity index (χ1) is 11.5. The van der Waals surface area contributed by atoms with Crippen molar-refractivity contribution in [3.8, 4) is 5.75 Å². The quantitative estimate of drug-likeness (QED) is 0.870. The highest BCUT2D eigenvalue weighted by molar-refractivity contribution is 5.79. The Morgan fingerprint density at radius 1 is 1.29 bits per heavy atom. The topological polar surface area (TPSA) is 66.8 Å². The second-order valence-corrected chi connectivity index (χ2v) is 7.13. The number of ether oxygens (including phenoxy) is 1. The van der Waals surface area contributed by atoms with E-state index in [2.05, 4.69) is 0 Å². The van der Waals surface area contributed by atoms with Crippen LogP contribution in [0.15, 0.2) is 30.3 Å². The molecule has 2 fully saturated rings. The molecule has 1 amide bonds. The van der Waals surface area contributed by atoms with Crippen LogP contribution in [0.25, 0.3) is 0 Å². The molecule has 1 heterocycles. The van der Waals surface area contributed by atoms with Crippen molar-refractivity contribution >= 4 is 11.9 Å². The van der Waals surface area contributed by atoms with Crippen LogP contribution < -0.4 is 4.74 Å². The number of carbonyl (C=O) groups is 2. The van der Waals surface area contributed by atoms with Gasteiger partial charge in [0.2, 0.25) is 5.91 Å². The van der Waals surface area contributed by atoms with Crippen LogP contribution in [-0.2, 0) is 9.59 Å². The Kier molecular flexibility index (Phi) is 4.78. The van der Waals surface area contributed by atoms with E-state index in [1.54, 1.807) is 0 Å². The maximum absolute atomic E-state index is 12.5. The first-order valence-electron chi connectivity index (χ1n) is 8.71. The summed E-state index contributed by atoms with van der Waals surface area (Å²) in [5.74, 6) is 0.0458. The minimum atomic E-state index is -0.679. The number of likely N-dealkylation sites (tertiary alicyclic amines) is 1. The van der Waals surface area contributed by atoms with Gasteiger partial charge in [0.15, 0.2) is 0 Å². The number of benzene rings is 1. The van der Waals surface area contributed by atoms with E-state index in [1.807, 2.05) is 42.2 Å². The molecule has 2 aliphatic rings. The van der Waals surface area contributed by atoms with Gasteiger partial charge in [-0.15, -0.1) is 0 Å². The van der Waals surface area contributed by atoms with Gasteiger partial charge in [-0.05, 0) is 43.2 Å². The number of carbonyl (C=O) groups excluding carboxylic acids is 1. The Balaban J connectivity index is 1.41. The molecule has 1 aliphatic carbocycles. The zero-order valence-corrected chi connectivity index (χ0v) is 14.1. The Morgan fingerprint density at radius 2 is 1.96 bits per heavy atom. The number of para-hydroxylation sites is 1. The third kappa shape index (κ3) is 3.55. The minimum absolute atomic E-state index is 0.0255. The summed E-state index contributed by atoms with van der Waals surface area (Å²) in [6, 6.07) is 9.61. The van der Waals surface area contributed by atoms with Crippen LogP contribution in [0.1, 0.15) is 32.6 Å². The summed E-state index contributed by atoms with van der Waals surface area (Å²) in [5, 5.41) is 9.13. The van der Waals surface area contributed by atoms with E-state index in [0.717, 1.165) is 25.0 Å². The highest BCUT2D eigenvalue weighted by Gasteiger charge is 2.59. The molecule has 0 radical (unpaired) electrons. The molecule has 2 atom stereocenters. The Bertz CT molecular complexity index is 593. The van der Waals surface area contributed by atoms with E-state index in [4.69, 9.17) is 9.84 Å². The third-order valence-corrected chi connectivity index (χ3v) is 5.54. The highest BCUT2D eigenvalue weighted by Crippen LogP contribution is 2.59. The molecule has 1 aromatic rings. The number of carboxylic acid groups (broad SMARTS) is 1. The molecule has 0 bridgehead atoms. The average Bonchev–Trinajstić information content (AvgIpc) is 3.30. The Morgan fingerprint density at radius 3 is 2.54 bits per heavy atom. The van der Waals surface area contributed by atoms with Crippen LogP contribution in [0.4, 0.5) is 0 Å². The first-order valence-corrected chi connectivity index (χ1v) is 8.71. The molecular weight excluding hydrogens is 306 g/mol. The van der Waals surface area contributed by atoms with E-state index in [1.165, 1.54) is 0 Å². The molecule has 0 aromatic heterocycles. The van der Waals surface area contributed by atoms with Crippen LogP contribution in [0.5, 0.6) is 5.75 Å². The van der Waals surface area contributed by atoms with Crippen molar-refractivity contribution in [3.05, 3.63) is 30.3 Å². The van der Waals surface area contributed by atoms with Crippen molar-refractivity contribution in [1.82, 2.24) is 4.90 Å². The van der Waals surface area contributed by atoms with Crippen LogP contribution in [0.2, 0.25) is 0 Å². The van der Waals surface area contributed by atoms with E-state index in [-0.39, 0.29) is 23.2 Å². The van der Waals surface area contributed by atoms with Gasteiger partial charge in [-0.2, -0.15) is 0 Å². The zero-order chi connectivity index (χ0) is 17.2. The van der Waals surface area contributed by atoms with Crippen LogP contribution in [-0.4, -0.2) is 41.6 Å². The standard InChI is InChI=1S/C19H25NO4/c1-14(7-12-24-15-5-3-2-4-6-15)17(21)20-10-8-19(9-11-20)13-16(19)18(22)23/h2-6,14,16H,7-13H2,1H3,(H,22,23). The van der Waals surface area contributed by atoms with Gasteiger partial charge in [-0.3, -0.25) is 9.59 Å².